The van der Waals surface area contributed by atoms with E-state index in [9.17, 15) is 9.59 Å². The van der Waals surface area contributed by atoms with Crippen LogP contribution in [0, 0.1) is 3.57 Å². The minimum absolute atomic E-state index is 0.263. The average molecular weight is 472 g/mol. The number of halogens is 2. The number of hydrogen-bond acceptors (Lipinski definition) is 2. The Balaban J connectivity index is 2.55. The highest BCUT2D eigenvalue weighted by molar-refractivity contribution is 14.2. The molecule has 2 nitrogen and oxygen atoms in total. The second kappa shape index (κ2) is 4.05. The predicted molar refractivity (Wildman–Crippen MR) is 96.8 cm³/mol. The highest BCUT2D eigenvalue weighted by Crippen LogP contribution is 2.28. The van der Waals surface area contributed by atoms with Crippen LogP contribution in [-0.4, -0.2) is 4.01 Å². The Hall–Kier alpha value is -0.890. The van der Waals surface area contributed by atoms with E-state index in [4.69, 9.17) is 0 Å². The molecule has 0 aliphatic carbocycles. The summed E-state index contributed by atoms with van der Waals surface area (Å²) >= 11 is 1.92. The predicted octanol–water partition coefficient (Wildman–Crippen LogP) is 2.35. The van der Waals surface area contributed by atoms with Gasteiger partial charge in [0.25, 0.3) is 0 Å². The molecule has 0 fully saturated rings. The topological polar surface area (TPSA) is 34.1 Å². The Morgan fingerprint density at radius 1 is 1.00 bits per heavy atom. The lowest BCUT2D eigenvalue weighted by atomic mass is 9.95. The number of benzene rings is 3. The van der Waals surface area contributed by atoms with Gasteiger partial charge >= 0.3 is 0 Å². The summed E-state index contributed by atoms with van der Waals surface area (Å²) in [7, 11) is 0. The Kier molecular flexibility index (Phi) is 2.54. The largest absolute Gasteiger partial charge is 0.285 e. The van der Waals surface area contributed by atoms with Crippen molar-refractivity contribution in [3.63, 3.8) is 0 Å². The molecule has 0 saturated heterocycles. The molecule has 4 rings (SSSR count). The highest BCUT2D eigenvalue weighted by atomic mass is 127. The van der Waals surface area contributed by atoms with Crippen LogP contribution in [0.2, 0.25) is 0 Å². The van der Waals surface area contributed by atoms with E-state index in [0.29, 0.717) is 10.6 Å². The fraction of sp³-hybridized carbons (Fsp3) is 0. The SMILES string of the molecule is O=c1c(=O)c2cc(I)cc3ccc4c(c1=CI=C4)c32. The molecule has 0 spiro atoms. The van der Waals surface area contributed by atoms with Crippen molar-refractivity contribution in [3.05, 3.63) is 59.1 Å². The van der Waals surface area contributed by atoms with Crippen molar-refractivity contribution in [3.8, 4) is 0 Å². The Morgan fingerprint density at radius 2 is 1.84 bits per heavy atom. The van der Waals surface area contributed by atoms with Gasteiger partial charge < -0.3 is 0 Å². The Bertz CT molecular complexity index is 1050. The smallest absolute Gasteiger partial charge is 0.234 e. The lowest BCUT2D eigenvalue weighted by molar-refractivity contribution is 1.50. The van der Waals surface area contributed by atoms with Gasteiger partial charge in [-0.15, -0.1) is 0 Å². The molecule has 3 aromatic carbocycles. The normalized spacial score (nSPS) is 13.5. The lowest BCUT2D eigenvalue weighted by Crippen LogP contribution is -2.39. The quantitative estimate of drug-likeness (QED) is 0.372. The van der Waals surface area contributed by atoms with E-state index in [1.54, 1.807) is 0 Å². The summed E-state index contributed by atoms with van der Waals surface area (Å²) < 4.78 is 5.17. The lowest BCUT2D eigenvalue weighted by Gasteiger charge is -2.10. The molecular weight excluding hydrogens is 466 g/mol. The van der Waals surface area contributed by atoms with Crippen LogP contribution in [0.5, 0.6) is 0 Å². The average Bonchev–Trinajstić information content (AvgIpc) is 2.42. The van der Waals surface area contributed by atoms with Crippen LogP contribution in [0.25, 0.3) is 25.6 Å². The van der Waals surface area contributed by atoms with Crippen LogP contribution in [0.4, 0.5) is 0 Å². The van der Waals surface area contributed by atoms with Crippen LogP contribution < -0.4 is 16.1 Å². The molecule has 0 amide bonds. The first-order chi connectivity index (χ1) is 9.16. The maximum atomic E-state index is 12.3. The van der Waals surface area contributed by atoms with E-state index in [1.165, 1.54) is 0 Å². The number of rotatable bonds is 0. The molecule has 1 aliphatic heterocycles. The molecule has 0 aromatic heterocycles. The summed E-state index contributed by atoms with van der Waals surface area (Å²) in [5.41, 5.74) is 0.419. The van der Waals surface area contributed by atoms with E-state index >= 15 is 0 Å². The van der Waals surface area contributed by atoms with E-state index in [1.807, 2.05) is 16.2 Å². The third-order valence-corrected chi connectivity index (χ3v) is 6.07. The third kappa shape index (κ3) is 1.56. The molecule has 0 bridgehead atoms. The van der Waals surface area contributed by atoms with Gasteiger partial charge in [0.05, 0.1) is 0 Å². The van der Waals surface area contributed by atoms with E-state index in [-0.39, 0.29) is 31.6 Å². The zero-order chi connectivity index (χ0) is 13.1. The maximum absolute atomic E-state index is 12.3. The Labute approximate surface area is 131 Å². The molecular formula is C15H6I2O2. The van der Waals surface area contributed by atoms with Crippen molar-refractivity contribution >= 4 is 73.0 Å². The van der Waals surface area contributed by atoms with Crippen LogP contribution >= 0.6 is 43.3 Å². The molecule has 4 heteroatoms. The first-order valence-corrected chi connectivity index (χ1v) is 9.25. The molecule has 0 unspecified atom stereocenters. The van der Waals surface area contributed by atoms with E-state index < -0.39 is 0 Å². The summed E-state index contributed by atoms with van der Waals surface area (Å²) in [6, 6.07) is 7.99. The van der Waals surface area contributed by atoms with Crippen LogP contribution in [0.1, 0.15) is 5.56 Å². The molecule has 92 valence electrons. The molecule has 19 heavy (non-hydrogen) atoms. The monoisotopic (exact) mass is 472 g/mol. The van der Waals surface area contributed by atoms with Gasteiger partial charge in [-0.2, -0.15) is 0 Å². The van der Waals surface area contributed by atoms with Gasteiger partial charge in [0.15, 0.2) is 0 Å². The highest BCUT2D eigenvalue weighted by Gasteiger charge is 2.15. The Morgan fingerprint density at radius 3 is 2.68 bits per heavy atom. The standard InChI is InChI=1S/C15H6I2O2/c16-9-3-7-1-2-8-5-17-6-11-13(8)12(7)10(4-9)14(18)15(11)19/h1-6H. The van der Waals surface area contributed by atoms with Crippen molar-refractivity contribution in [2.24, 2.45) is 0 Å². The molecule has 1 aliphatic rings. The van der Waals surface area contributed by atoms with Gasteiger partial charge in [-0.25, -0.2) is 0 Å². The summed E-state index contributed by atoms with van der Waals surface area (Å²) in [5, 5.41) is 4.16. The van der Waals surface area contributed by atoms with Gasteiger partial charge in [-0.1, -0.05) is 32.9 Å². The van der Waals surface area contributed by atoms with Gasteiger partial charge in [0.2, 0.25) is 10.9 Å². The zero-order valence-corrected chi connectivity index (χ0v) is 13.9. The van der Waals surface area contributed by atoms with Gasteiger partial charge in [-0.3, -0.25) is 9.59 Å². The zero-order valence-electron chi connectivity index (χ0n) is 9.54. The summed E-state index contributed by atoms with van der Waals surface area (Å²) in [5.74, 6) is 0. The van der Waals surface area contributed by atoms with Crippen molar-refractivity contribution in [2.45, 2.75) is 0 Å². The van der Waals surface area contributed by atoms with Gasteiger partial charge in [0, 0.05) is 24.9 Å². The van der Waals surface area contributed by atoms with Crippen LogP contribution in [0.15, 0.2) is 33.9 Å². The van der Waals surface area contributed by atoms with E-state index in [2.05, 4.69) is 38.7 Å². The summed E-state index contributed by atoms with van der Waals surface area (Å²) in [6.07, 6.45) is 0. The molecule has 1 heterocycles. The van der Waals surface area contributed by atoms with E-state index in [0.717, 1.165) is 25.3 Å². The van der Waals surface area contributed by atoms with Gasteiger partial charge in [-0.05, 0) is 53.8 Å². The second-order valence-corrected chi connectivity index (χ2v) is 7.71. The first-order valence-electron chi connectivity index (χ1n) is 5.68. The van der Waals surface area contributed by atoms with Crippen molar-refractivity contribution in [2.75, 3.05) is 0 Å². The van der Waals surface area contributed by atoms with Crippen molar-refractivity contribution < 1.29 is 0 Å². The molecule has 0 saturated carbocycles. The van der Waals surface area contributed by atoms with Crippen molar-refractivity contribution in [1.82, 2.24) is 0 Å². The maximum Gasteiger partial charge on any atom is 0.234 e. The minimum atomic E-state index is -0.356. The fourth-order valence-corrected chi connectivity index (χ4v) is 5.32. The second-order valence-electron chi connectivity index (χ2n) is 4.50. The third-order valence-electron chi connectivity index (χ3n) is 3.43. The van der Waals surface area contributed by atoms with Crippen LogP contribution in [0.3, 0.4) is 0 Å². The minimum Gasteiger partial charge on any atom is -0.285 e. The molecule has 3 aromatic rings. The first kappa shape index (κ1) is 11.9. The summed E-state index contributed by atoms with van der Waals surface area (Å²) in [6.45, 7) is 0. The molecule has 0 radical (unpaired) electrons. The summed E-state index contributed by atoms with van der Waals surface area (Å²) in [4.78, 5) is 24.5. The van der Waals surface area contributed by atoms with Gasteiger partial charge in [0.1, 0.15) is 0 Å². The number of hydrogen-bond donors (Lipinski definition) is 0. The molecule has 0 atom stereocenters. The molecule has 0 N–H and O–H groups in total. The fourth-order valence-electron chi connectivity index (χ4n) is 2.63. The van der Waals surface area contributed by atoms with Crippen LogP contribution in [-0.2, 0) is 0 Å². The van der Waals surface area contributed by atoms with Crippen molar-refractivity contribution in [1.29, 1.82) is 0 Å².